The van der Waals surface area contributed by atoms with E-state index in [1.165, 1.54) is 0 Å². The summed E-state index contributed by atoms with van der Waals surface area (Å²) in [5.41, 5.74) is 0.247. The van der Waals surface area contributed by atoms with Gasteiger partial charge in [0.15, 0.2) is 0 Å². The maximum absolute atomic E-state index is 5.99. The maximum Gasteiger partial charge on any atom is 0.140 e. The molecule has 2 atom stereocenters. The van der Waals surface area contributed by atoms with Crippen molar-refractivity contribution in [2.75, 3.05) is 19.8 Å². The highest BCUT2D eigenvalue weighted by molar-refractivity contribution is 5.09. The summed E-state index contributed by atoms with van der Waals surface area (Å²) in [5, 5.41) is 8.07. The molecule has 1 saturated heterocycles. The molecule has 6 heteroatoms. The number of ether oxygens (including phenoxy) is 2. The highest BCUT2D eigenvalue weighted by Crippen LogP contribution is 2.50. The molecule has 0 amide bonds. The highest BCUT2D eigenvalue weighted by atomic mass is 16.5. The molecule has 23 heavy (non-hydrogen) atoms. The molecule has 1 saturated carbocycles. The average molecular weight is 322 g/mol. The smallest absolute Gasteiger partial charge is 0.140 e. The lowest BCUT2D eigenvalue weighted by Crippen LogP contribution is -2.65. The molecular formula is C17H30N4O2. The van der Waals surface area contributed by atoms with Gasteiger partial charge >= 0.3 is 0 Å². The van der Waals surface area contributed by atoms with Crippen LogP contribution in [-0.4, -0.2) is 46.7 Å². The first-order chi connectivity index (χ1) is 11.2. The predicted octanol–water partition coefficient (Wildman–Crippen LogP) is 2.00. The van der Waals surface area contributed by atoms with Crippen molar-refractivity contribution in [1.29, 1.82) is 0 Å². The van der Waals surface area contributed by atoms with Gasteiger partial charge in [0.2, 0.25) is 0 Å². The Bertz CT molecular complexity index is 497. The van der Waals surface area contributed by atoms with Crippen LogP contribution < -0.4 is 5.32 Å². The van der Waals surface area contributed by atoms with E-state index in [9.17, 15) is 0 Å². The largest absolute Gasteiger partial charge is 0.381 e. The van der Waals surface area contributed by atoms with Gasteiger partial charge in [-0.15, -0.1) is 0 Å². The third kappa shape index (κ3) is 3.44. The standard InChI is InChI=1S/C17H30N4O2/c1-4-23-15-9-14(17(15)5-7-22-8-6-17)18-10-16-19-12-20-21(16)11-13(2)3/h12-15,18H,4-11H2,1-3H3/t14-,15-/m1/s1. The van der Waals surface area contributed by atoms with Crippen LogP contribution in [0.15, 0.2) is 6.33 Å². The summed E-state index contributed by atoms with van der Waals surface area (Å²) in [5.74, 6) is 1.60. The van der Waals surface area contributed by atoms with Crippen LogP contribution in [0.2, 0.25) is 0 Å². The molecule has 130 valence electrons. The Kier molecular flexibility index (Phi) is 5.34. The Labute approximate surface area is 138 Å². The van der Waals surface area contributed by atoms with Gasteiger partial charge in [-0.2, -0.15) is 5.10 Å². The van der Waals surface area contributed by atoms with Gasteiger partial charge in [0, 0.05) is 37.8 Å². The fraction of sp³-hybridized carbons (Fsp3) is 0.882. The molecule has 2 aliphatic rings. The van der Waals surface area contributed by atoms with Crippen LogP contribution in [0.25, 0.3) is 0 Å². The maximum atomic E-state index is 5.99. The van der Waals surface area contributed by atoms with Crippen LogP contribution in [0, 0.1) is 11.3 Å². The Morgan fingerprint density at radius 1 is 1.43 bits per heavy atom. The van der Waals surface area contributed by atoms with E-state index in [1.54, 1.807) is 6.33 Å². The van der Waals surface area contributed by atoms with Gasteiger partial charge in [0.05, 0.1) is 12.6 Å². The summed E-state index contributed by atoms with van der Waals surface area (Å²) in [4.78, 5) is 4.42. The summed E-state index contributed by atoms with van der Waals surface area (Å²) in [6, 6.07) is 0.493. The molecule has 0 unspecified atom stereocenters. The Morgan fingerprint density at radius 3 is 2.91 bits per heavy atom. The number of nitrogens with zero attached hydrogens (tertiary/aromatic N) is 3. The van der Waals surface area contributed by atoms with E-state index in [0.29, 0.717) is 18.1 Å². The lowest BCUT2D eigenvalue weighted by molar-refractivity contribution is -0.173. The van der Waals surface area contributed by atoms with Crippen LogP contribution >= 0.6 is 0 Å². The third-order valence-corrected chi connectivity index (χ3v) is 5.32. The fourth-order valence-electron chi connectivity index (χ4n) is 4.03. The lowest BCUT2D eigenvalue weighted by atomic mass is 9.57. The highest BCUT2D eigenvalue weighted by Gasteiger charge is 2.55. The van der Waals surface area contributed by atoms with Crippen molar-refractivity contribution in [3.05, 3.63) is 12.2 Å². The van der Waals surface area contributed by atoms with E-state index >= 15 is 0 Å². The average Bonchev–Trinajstić information content (AvgIpc) is 2.97. The van der Waals surface area contributed by atoms with Crippen LogP contribution in [0.5, 0.6) is 0 Å². The summed E-state index contributed by atoms with van der Waals surface area (Å²) >= 11 is 0. The minimum atomic E-state index is 0.247. The normalized spacial score (nSPS) is 26.6. The van der Waals surface area contributed by atoms with Gasteiger partial charge in [-0.25, -0.2) is 9.67 Å². The molecule has 0 bridgehead atoms. The number of hydrogen-bond donors (Lipinski definition) is 1. The second kappa shape index (κ2) is 7.28. The Morgan fingerprint density at radius 2 is 2.22 bits per heavy atom. The fourth-order valence-corrected chi connectivity index (χ4v) is 4.03. The molecule has 1 spiro atoms. The topological polar surface area (TPSA) is 61.2 Å². The number of hydrogen-bond acceptors (Lipinski definition) is 5. The molecule has 1 aliphatic carbocycles. The van der Waals surface area contributed by atoms with Crippen molar-refractivity contribution in [2.45, 2.75) is 65.3 Å². The van der Waals surface area contributed by atoms with E-state index in [4.69, 9.17) is 9.47 Å². The molecular weight excluding hydrogens is 292 g/mol. The van der Waals surface area contributed by atoms with E-state index < -0.39 is 0 Å². The molecule has 1 aliphatic heterocycles. The lowest BCUT2D eigenvalue weighted by Gasteiger charge is -2.57. The first-order valence-corrected chi connectivity index (χ1v) is 8.95. The Hall–Kier alpha value is -0.980. The second-order valence-corrected chi connectivity index (χ2v) is 7.21. The van der Waals surface area contributed by atoms with Crippen molar-refractivity contribution in [1.82, 2.24) is 20.1 Å². The molecule has 1 aromatic heterocycles. The molecule has 2 heterocycles. The summed E-state index contributed by atoms with van der Waals surface area (Å²) in [6.07, 6.45) is 5.31. The third-order valence-electron chi connectivity index (χ3n) is 5.32. The molecule has 6 nitrogen and oxygen atoms in total. The zero-order valence-electron chi connectivity index (χ0n) is 14.6. The minimum absolute atomic E-state index is 0.247. The molecule has 1 aromatic rings. The number of nitrogens with one attached hydrogen (secondary N) is 1. The summed E-state index contributed by atoms with van der Waals surface area (Å²) < 4.78 is 13.6. The van der Waals surface area contributed by atoms with Crippen molar-refractivity contribution in [2.24, 2.45) is 11.3 Å². The van der Waals surface area contributed by atoms with E-state index in [-0.39, 0.29) is 5.41 Å². The van der Waals surface area contributed by atoms with Crippen molar-refractivity contribution < 1.29 is 9.47 Å². The monoisotopic (exact) mass is 322 g/mol. The van der Waals surface area contributed by atoms with Gasteiger partial charge in [-0.05, 0) is 32.1 Å². The number of rotatable bonds is 7. The van der Waals surface area contributed by atoms with Crippen molar-refractivity contribution >= 4 is 0 Å². The minimum Gasteiger partial charge on any atom is -0.381 e. The quantitative estimate of drug-likeness (QED) is 0.832. The molecule has 0 aromatic carbocycles. The molecule has 2 fully saturated rings. The van der Waals surface area contributed by atoms with E-state index in [1.807, 2.05) is 4.68 Å². The zero-order chi connectivity index (χ0) is 16.3. The molecule has 1 N–H and O–H groups in total. The van der Waals surface area contributed by atoms with Crippen LogP contribution in [-0.2, 0) is 22.6 Å². The van der Waals surface area contributed by atoms with E-state index in [2.05, 4.69) is 36.2 Å². The van der Waals surface area contributed by atoms with Crippen LogP contribution in [0.3, 0.4) is 0 Å². The van der Waals surface area contributed by atoms with Crippen LogP contribution in [0.4, 0.5) is 0 Å². The van der Waals surface area contributed by atoms with Gasteiger partial charge in [0.25, 0.3) is 0 Å². The molecule has 3 rings (SSSR count). The van der Waals surface area contributed by atoms with Crippen molar-refractivity contribution in [3.8, 4) is 0 Å². The van der Waals surface area contributed by atoms with Crippen LogP contribution in [0.1, 0.15) is 45.9 Å². The Balaban J connectivity index is 1.60. The SMILES string of the molecule is CCO[C@@H]1C[C@@H](NCc2ncnn2CC(C)C)C12CCOCC2. The first kappa shape index (κ1) is 16.9. The number of aromatic nitrogens is 3. The van der Waals surface area contributed by atoms with Gasteiger partial charge in [-0.3, -0.25) is 0 Å². The van der Waals surface area contributed by atoms with Gasteiger partial charge in [0.1, 0.15) is 12.2 Å². The van der Waals surface area contributed by atoms with Gasteiger partial charge < -0.3 is 14.8 Å². The summed E-state index contributed by atoms with van der Waals surface area (Å²) in [6.45, 7) is 10.7. The van der Waals surface area contributed by atoms with E-state index in [0.717, 1.165) is 58.0 Å². The molecule has 0 radical (unpaired) electrons. The second-order valence-electron chi connectivity index (χ2n) is 7.21. The summed E-state index contributed by atoms with van der Waals surface area (Å²) in [7, 11) is 0. The van der Waals surface area contributed by atoms with Crippen molar-refractivity contribution in [3.63, 3.8) is 0 Å². The zero-order valence-corrected chi connectivity index (χ0v) is 14.6. The first-order valence-electron chi connectivity index (χ1n) is 8.95. The van der Waals surface area contributed by atoms with Gasteiger partial charge in [-0.1, -0.05) is 13.8 Å². The predicted molar refractivity (Wildman–Crippen MR) is 88.0 cm³/mol.